The average Bonchev–Trinajstić information content (AvgIpc) is 3.27. The largest absolute Gasteiger partial charge is 0.355 e. The van der Waals surface area contributed by atoms with Crippen molar-refractivity contribution in [3.63, 3.8) is 0 Å². The summed E-state index contributed by atoms with van der Waals surface area (Å²) in [5.74, 6) is -1.94. The molecule has 1 aromatic carbocycles. The molecule has 0 unspecified atom stereocenters. The van der Waals surface area contributed by atoms with Crippen molar-refractivity contribution < 1.29 is 27.3 Å². The van der Waals surface area contributed by atoms with Crippen molar-refractivity contribution in [2.24, 2.45) is 5.41 Å². The molecule has 202 valence electrons. The lowest BCUT2D eigenvalue weighted by Crippen LogP contribution is -2.60. The zero-order valence-corrected chi connectivity index (χ0v) is 22.1. The summed E-state index contributed by atoms with van der Waals surface area (Å²) < 4.78 is 46.9. The van der Waals surface area contributed by atoms with Crippen LogP contribution in [0.5, 0.6) is 0 Å². The Morgan fingerprint density at radius 3 is 2.42 bits per heavy atom. The van der Waals surface area contributed by atoms with Gasteiger partial charge in [-0.25, -0.2) is 13.2 Å². The molecule has 38 heavy (non-hydrogen) atoms. The first-order valence-corrected chi connectivity index (χ1v) is 12.6. The molecule has 3 aromatic rings. The van der Waals surface area contributed by atoms with E-state index in [1.54, 1.807) is 6.20 Å². The van der Waals surface area contributed by atoms with Crippen LogP contribution in [0.15, 0.2) is 53.2 Å². The second-order valence-corrected chi connectivity index (χ2v) is 11.7. The van der Waals surface area contributed by atoms with Crippen LogP contribution in [0.1, 0.15) is 63.1 Å². The number of likely N-dealkylation sites (tertiary alicyclic amines) is 1. The molecular weight excluding hydrogens is 495 g/mol. The number of benzene rings is 1. The van der Waals surface area contributed by atoms with Gasteiger partial charge in [0, 0.05) is 73.8 Å². The van der Waals surface area contributed by atoms with E-state index in [2.05, 4.69) is 10.1 Å². The minimum absolute atomic E-state index is 0.00232. The van der Waals surface area contributed by atoms with Gasteiger partial charge in [-0.3, -0.25) is 19.5 Å². The molecule has 6 nitrogen and oxygen atoms in total. The third-order valence-corrected chi connectivity index (χ3v) is 6.82. The first kappa shape index (κ1) is 27.7. The van der Waals surface area contributed by atoms with Gasteiger partial charge in [-0.05, 0) is 38.1 Å². The van der Waals surface area contributed by atoms with E-state index in [9.17, 15) is 22.8 Å². The Hall–Kier alpha value is -3.33. The van der Waals surface area contributed by atoms with E-state index in [-0.39, 0.29) is 54.4 Å². The lowest BCUT2D eigenvalue weighted by atomic mass is 9.69. The Morgan fingerprint density at radius 2 is 1.79 bits per heavy atom. The molecule has 0 atom stereocenters. The van der Waals surface area contributed by atoms with Gasteiger partial charge in [-0.15, -0.1) is 0 Å². The molecule has 0 N–H and O–H groups in total. The van der Waals surface area contributed by atoms with Crippen LogP contribution in [0.2, 0.25) is 0 Å². The number of carbonyl (C=O) groups is 2. The number of carbonyl (C=O) groups excluding carboxylic acids is 2. The number of hydrogen-bond donors (Lipinski definition) is 0. The van der Waals surface area contributed by atoms with Crippen LogP contribution in [0.25, 0.3) is 11.3 Å². The van der Waals surface area contributed by atoms with Gasteiger partial charge < -0.3 is 4.52 Å². The lowest BCUT2D eigenvalue weighted by Gasteiger charge is -2.51. The molecule has 0 radical (unpaired) electrons. The highest BCUT2D eigenvalue weighted by Crippen LogP contribution is 2.41. The number of ketones is 2. The number of halogens is 3. The SMILES string of the molecule is CC(C)(F)CN1CC(CC(=O)CC(C)(C)c2ccccn2)(CC(=O)c2cc(-c3ccc(F)cc3F)on2)C1. The Balaban J connectivity index is 1.49. The van der Waals surface area contributed by atoms with E-state index < -0.39 is 28.1 Å². The van der Waals surface area contributed by atoms with Gasteiger partial charge in [0.05, 0.1) is 5.56 Å². The van der Waals surface area contributed by atoms with E-state index >= 15 is 0 Å². The van der Waals surface area contributed by atoms with Crippen LogP contribution in [-0.2, 0) is 10.2 Å². The van der Waals surface area contributed by atoms with Crippen LogP contribution in [-0.4, -0.2) is 51.9 Å². The summed E-state index contributed by atoms with van der Waals surface area (Å²) in [6, 6.07) is 9.92. The van der Waals surface area contributed by atoms with E-state index in [0.717, 1.165) is 17.8 Å². The Labute approximate surface area is 220 Å². The molecule has 2 aromatic heterocycles. The second-order valence-electron chi connectivity index (χ2n) is 11.7. The van der Waals surface area contributed by atoms with Gasteiger partial charge in [0.25, 0.3) is 0 Å². The highest BCUT2D eigenvalue weighted by molar-refractivity contribution is 5.96. The standard InChI is InChI=1S/C29H32F3N3O3/c1-27(2,26-7-5-6-10-33-26)13-20(36)14-29(17-35(18-29)16-28(3,4)32)15-24(37)23-12-25(38-34-23)21-9-8-19(30)11-22(21)31/h5-12H,13-18H2,1-4H3. The number of Topliss-reactive ketones (excluding diaryl/α,β-unsaturated/α-hetero) is 2. The van der Waals surface area contributed by atoms with E-state index in [4.69, 9.17) is 4.52 Å². The molecule has 0 spiro atoms. The molecule has 1 aliphatic rings. The van der Waals surface area contributed by atoms with Gasteiger partial charge in [-0.2, -0.15) is 0 Å². The fourth-order valence-electron chi connectivity index (χ4n) is 5.31. The number of hydrogen-bond acceptors (Lipinski definition) is 6. The highest BCUT2D eigenvalue weighted by Gasteiger charge is 2.47. The quantitative estimate of drug-likeness (QED) is 0.286. The summed E-state index contributed by atoms with van der Waals surface area (Å²) in [5.41, 5.74) is -1.81. The van der Waals surface area contributed by atoms with Crippen molar-refractivity contribution in [1.29, 1.82) is 0 Å². The van der Waals surface area contributed by atoms with Crippen molar-refractivity contribution in [1.82, 2.24) is 15.0 Å². The van der Waals surface area contributed by atoms with Crippen molar-refractivity contribution in [3.05, 3.63) is 71.7 Å². The predicted octanol–water partition coefficient (Wildman–Crippen LogP) is 5.96. The van der Waals surface area contributed by atoms with Gasteiger partial charge in [0.15, 0.2) is 11.5 Å². The van der Waals surface area contributed by atoms with Gasteiger partial charge >= 0.3 is 0 Å². The molecule has 1 saturated heterocycles. The molecule has 0 saturated carbocycles. The predicted molar refractivity (Wildman–Crippen MR) is 136 cm³/mol. The van der Waals surface area contributed by atoms with Crippen molar-refractivity contribution >= 4 is 11.6 Å². The fraction of sp³-hybridized carbons (Fsp3) is 0.448. The molecule has 1 aliphatic heterocycles. The zero-order valence-electron chi connectivity index (χ0n) is 22.1. The molecule has 1 fully saturated rings. The summed E-state index contributed by atoms with van der Waals surface area (Å²) in [6.07, 6.45) is 2.08. The van der Waals surface area contributed by atoms with Gasteiger partial charge in [0.1, 0.15) is 28.8 Å². The van der Waals surface area contributed by atoms with E-state index in [1.807, 2.05) is 36.9 Å². The first-order valence-electron chi connectivity index (χ1n) is 12.6. The number of pyridine rings is 1. The molecule has 0 aliphatic carbocycles. The number of alkyl halides is 1. The van der Waals surface area contributed by atoms with Gasteiger partial charge in [-0.1, -0.05) is 25.1 Å². The summed E-state index contributed by atoms with van der Waals surface area (Å²) in [4.78, 5) is 32.8. The topological polar surface area (TPSA) is 76.3 Å². The molecular formula is C29H32F3N3O3. The Morgan fingerprint density at radius 1 is 1.05 bits per heavy atom. The zero-order chi connectivity index (χ0) is 27.7. The summed E-state index contributed by atoms with van der Waals surface area (Å²) >= 11 is 0. The average molecular weight is 528 g/mol. The fourth-order valence-corrected chi connectivity index (χ4v) is 5.31. The monoisotopic (exact) mass is 527 g/mol. The van der Waals surface area contributed by atoms with Crippen molar-refractivity contribution in [3.8, 4) is 11.3 Å². The van der Waals surface area contributed by atoms with Crippen LogP contribution in [0, 0.1) is 17.0 Å². The highest BCUT2D eigenvalue weighted by atomic mass is 19.1. The minimum Gasteiger partial charge on any atom is -0.355 e. The maximum atomic E-state index is 14.3. The molecule has 9 heteroatoms. The summed E-state index contributed by atoms with van der Waals surface area (Å²) in [5, 5.41) is 3.80. The minimum atomic E-state index is -1.42. The molecule has 4 rings (SSSR count). The second kappa shape index (κ2) is 10.4. The van der Waals surface area contributed by atoms with Crippen LogP contribution < -0.4 is 0 Å². The lowest BCUT2D eigenvalue weighted by molar-refractivity contribution is -0.126. The molecule has 0 amide bonds. The van der Waals surface area contributed by atoms with E-state index in [1.165, 1.54) is 26.0 Å². The van der Waals surface area contributed by atoms with Crippen LogP contribution in [0.3, 0.4) is 0 Å². The molecule has 0 bridgehead atoms. The smallest absolute Gasteiger partial charge is 0.185 e. The number of aromatic nitrogens is 2. The number of nitrogens with zero attached hydrogens (tertiary/aromatic N) is 3. The Bertz CT molecular complexity index is 1310. The maximum absolute atomic E-state index is 14.3. The third-order valence-electron chi connectivity index (χ3n) is 6.82. The number of rotatable bonds is 11. The third kappa shape index (κ3) is 6.56. The Kier molecular flexibility index (Phi) is 7.61. The summed E-state index contributed by atoms with van der Waals surface area (Å²) in [6.45, 7) is 7.85. The van der Waals surface area contributed by atoms with Crippen molar-refractivity contribution in [2.75, 3.05) is 19.6 Å². The molecule has 3 heterocycles. The van der Waals surface area contributed by atoms with Gasteiger partial charge in [0.2, 0.25) is 0 Å². The normalized spacial score (nSPS) is 15.8. The first-order chi connectivity index (χ1) is 17.8. The van der Waals surface area contributed by atoms with Crippen molar-refractivity contribution in [2.45, 2.75) is 58.0 Å². The van der Waals surface area contributed by atoms with E-state index in [0.29, 0.717) is 13.1 Å². The summed E-state index contributed by atoms with van der Waals surface area (Å²) in [7, 11) is 0. The van der Waals surface area contributed by atoms with Crippen LogP contribution in [0.4, 0.5) is 13.2 Å². The van der Waals surface area contributed by atoms with Crippen LogP contribution >= 0.6 is 0 Å². The maximum Gasteiger partial charge on any atom is 0.185 e.